The lowest BCUT2D eigenvalue weighted by Crippen LogP contribution is -2.49. The molecule has 4 N–H and O–H groups in total. The Hall–Kier alpha value is -2.59. The number of carboxylic acid groups (broad SMARTS) is 1. The van der Waals surface area contributed by atoms with Gasteiger partial charge in [0.05, 0.1) is 29.2 Å². The summed E-state index contributed by atoms with van der Waals surface area (Å²) in [6.45, 7) is 5.68. The third-order valence-electron chi connectivity index (χ3n) is 10.1. The van der Waals surface area contributed by atoms with Gasteiger partial charge in [0.1, 0.15) is 5.75 Å². The first-order valence-electron chi connectivity index (χ1n) is 15.8. The predicted octanol–water partition coefficient (Wildman–Crippen LogP) is 5.94. The number of allylic oxidation sites excluding steroid dienone is 1. The highest BCUT2D eigenvalue weighted by atomic mass is 35.5. The SMILES string of the molecule is CCCC([C@H](C)C/C=C/C(O)C1CCC1CN1C[C@@]2(CCCc3cc(Cl)ccc32)COc2ccc(C(=O)O)cc21)S(N)(=O)=O. The number of aliphatic hydroxyl groups is 1. The number of aliphatic hydroxyl groups excluding tert-OH is 1. The first-order chi connectivity index (χ1) is 20.9. The molecule has 0 amide bonds. The molecular weight excluding hydrogens is 600 g/mol. The first kappa shape index (κ1) is 32.8. The van der Waals surface area contributed by atoms with E-state index in [1.54, 1.807) is 18.2 Å². The molecule has 10 heteroatoms. The van der Waals surface area contributed by atoms with Crippen molar-refractivity contribution in [2.75, 3.05) is 24.6 Å². The van der Waals surface area contributed by atoms with Crippen LogP contribution in [0.1, 0.15) is 80.3 Å². The Bertz CT molecular complexity index is 1500. The van der Waals surface area contributed by atoms with E-state index in [1.165, 1.54) is 11.1 Å². The summed E-state index contributed by atoms with van der Waals surface area (Å²) in [7, 11) is -3.64. The lowest BCUT2D eigenvalue weighted by molar-refractivity contribution is 0.0455. The van der Waals surface area contributed by atoms with E-state index in [9.17, 15) is 23.4 Å². The van der Waals surface area contributed by atoms with E-state index in [0.29, 0.717) is 38.3 Å². The van der Waals surface area contributed by atoms with Crippen LogP contribution in [-0.4, -0.2) is 55.7 Å². The number of benzene rings is 2. The molecule has 0 aromatic heterocycles. The average Bonchev–Trinajstić information content (AvgIpc) is 3.10. The number of aryl methyl sites for hydroxylation is 1. The van der Waals surface area contributed by atoms with E-state index in [-0.39, 0.29) is 28.7 Å². The summed E-state index contributed by atoms with van der Waals surface area (Å²) in [5.74, 6) is -0.199. The highest BCUT2D eigenvalue weighted by molar-refractivity contribution is 7.89. The fourth-order valence-electron chi connectivity index (χ4n) is 7.59. The van der Waals surface area contributed by atoms with Gasteiger partial charge in [-0.25, -0.2) is 18.4 Å². The Morgan fingerprint density at radius 3 is 2.73 bits per heavy atom. The molecule has 2 aromatic carbocycles. The van der Waals surface area contributed by atoms with Crippen LogP contribution in [0.5, 0.6) is 5.75 Å². The zero-order valence-electron chi connectivity index (χ0n) is 25.6. The van der Waals surface area contributed by atoms with Crippen molar-refractivity contribution in [3.05, 3.63) is 70.3 Å². The van der Waals surface area contributed by atoms with Crippen molar-refractivity contribution in [3.63, 3.8) is 0 Å². The zero-order chi connectivity index (χ0) is 31.6. The van der Waals surface area contributed by atoms with Gasteiger partial charge in [0.2, 0.25) is 10.0 Å². The predicted molar refractivity (Wildman–Crippen MR) is 174 cm³/mol. The van der Waals surface area contributed by atoms with Crippen molar-refractivity contribution in [2.24, 2.45) is 22.9 Å². The number of ether oxygens (including phenoxy) is 1. The topological polar surface area (TPSA) is 130 Å². The lowest BCUT2D eigenvalue weighted by atomic mass is 9.68. The van der Waals surface area contributed by atoms with Gasteiger partial charge in [0.15, 0.2) is 0 Å². The largest absolute Gasteiger partial charge is 0.490 e. The standard InChI is InChI=1S/C34H45ClN2O6S/c1-3-6-32(44(36,41)42)22(2)7-4-9-30(38)27-13-10-25(27)19-37-20-34(16-5-8-23-17-26(35)12-14-28(23)34)21-43-31-15-11-24(33(39)40)18-29(31)37/h4,9,11-12,14-15,17-18,22,25,27,30,32,38H,3,5-8,10,13,16,19-21H2,1-2H3,(H,39,40)(H2,36,41,42)/b9-4+/t22-,25?,27?,30?,32?,34+/m1/s1. The van der Waals surface area contributed by atoms with Crippen molar-refractivity contribution in [2.45, 2.75) is 82.0 Å². The molecule has 1 aliphatic heterocycles. The number of halogens is 1. The van der Waals surface area contributed by atoms with Gasteiger partial charge in [-0.1, -0.05) is 50.1 Å². The molecule has 2 aliphatic carbocycles. The van der Waals surface area contributed by atoms with Gasteiger partial charge in [-0.05, 0) is 104 Å². The summed E-state index contributed by atoms with van der Waals surface area (Å²) in [6, 6.07) is 11.2. The number of aromatic carboxylic acids is 1. The quantitative estimate of drug-likeness (QED) is 0.258. The number of carbonyl (C=O) groups is 1. The molecule has 3 aliphatic rings. The number of carboxylic acids is 1. The molecular formula is C34H45ClN2O6S. The van der Waals surface area contributed by atoms with Gasteiger partial charge in [0, 0.05) is 23.5 Å². The number of anilines is 1. The van der Waals surface area contributed by atoms with Crippen LogP contribution in [0, 0.1) is 17.8 Å². The third kappa shape index (κ3) is 6.96. The smallest absolute Gasteiger partial charge is 0.335 e. The molecule has 8 nitrogen and oxygen atoms in total. The molecule has 240 valence electrons. The molecule has 1 heterocycles. The zero-order valence-corrected chi connectivity index (χ0v) is 27.2. The van der Waals surface area contributed by atoms with E-state index < -0.39 is 27.3 Å². The minimum Gasteiger partial charge on any atom is -0.490 e. The van der Waals surface area contributed by atoms with Gasteiger partial charge in [0.25, 0.3) is 0 Å². The van der Waals surface area contributed by atoms with Gasteiger partial charge in [-0.3, -0.25) is 0 Å². The number of fused-ring (bicyclic) bond motifs is 3. The molecule has 0 saturated heterocycles. The van der Waals surface area contributed by atoms with Crippen molar-refractivity contribution in [1.82, 2.24) is 0 Å². The van der Waals surface area contributed by atoms with Crippen molar-refractivity contribution >= 4 is 33.3 Å². The summed E-state index contributed by atoms with van der Waals surface area (Å²) in [4.78, 5) is 14.2. The van der Waals surface area contributed by atoms with Crippen molar-refractivity contribution in [3.8, 4) is 5.75 Å². The van der Waals surface area contributed by atoms with Crippen LogP contribution in [0.25, 0.3) is 0 Å². The summed E-state index contributed by atoms with van der Waals surface area (Å²) in [5, 5.41) is 26.6. The van der Waals surface area contributed by atoms with E-state index >= 15 is 0 Å². The molecule has 1 fully saturated rings. The molecule has 4 unspecified atom stereocenters. The molecule has 1 saturated carbocycles. The molecule has 6 atom stereocenters. The molecule has 2 aromatic rings. The Morgan fingerprint density at radius 2 is 2.05 bits per heavy atom. The Balaban J connectivity index is 1.36. The monoisotopic (exact) mass is 644 g/mol. The lowest BCUT2D eigenvalue weighted by Gasteiger charge is -2.45. The molecule has 1 spiro atoms. The Kier molecular flexibility index (Phi) is 10.00. The van der Waals surface area contributed by atoms with Gasteiger partial charge in [-0.15, -0.1) is 0 Å². The molecule has 44 heavy (non-hydrogen) atoms. The van der Waals surface area contributed by atoms with Crippen LogP contribution in [-0.2, 0) is 21.9 Å². The van der Waals surface area contributed by atoms with Crippen LogP contribution < -0.4 is 14.8 Å². The summed E-state index contributed by atoms with van der Waals surface area (Å²) in [5.41, 5.74) is 3.20. The maximum atomic E-state index is 12.1. The van der Waals surface area contributed by atoms with Gasteiger partial charge in [-0.2, -0.15) is 0 Å². The second kappa shape index (κ2) is 13.4. The molecule has 0 radical (unpaired) electrons. The van der Waals surface area contributed by atoms with Crippen LogP contribution in [0.4, 0.5) is 5.69 Å². The Morgan fingerprint density at radius 1 is 1.25 bits per heavy atom. The second-order valence-corrected chi connectivity index (χ2v) is 15.4. The first-order valence-corrected chi connectivity index (χ1v) is 17.8. The number of hydrogen-bond acceptors (Lipinski definition) is 6. The van der Waals surface area contributed by atoms with Crippen LogP contribution in [0.15, 0.2) is 48.6 Å². The van der Waals surface area contributed by atoms with Crippen LogP contribution in [0.2, 0.25) is 5.02 Å². The number of nitrogens with two attached hydrogens (primary N) is 1. The second-order valence-electron chi connectivity index (χ2n) is 13.1. The molecule has 0 bridgehead atoms. The van der Waals surface area contributed by atoms with Gasteiger partial charge >= 0.3 is 5.97 Å². The number of primary sulfonamides is 1. The fourth-order valence-corrected chi connectivity index (χ4v) is 9.10. The van der Waals surface area contributed by atoms with E-state index in [0.717, 1.165) is 49.2 Å². The molecule has 5 rings (SSSR count). The van der Waals surface area contributed by atoms with E-state index in [1.807, 2.05) is 32.1 Å². The Labute approximate surface area is 266 Å². The van der Waals surface area contributed by atoms with Crippen LogP contribution >= 0.6 is 11.6 Å². The third-order valence-corrected chi connectivity index (χ3v) is 11.9. The number of sulfonamides is 1. The maximum absolute atomic E-state index is 12.1. The van der Waals surface area contributed by atoms with Crippen LogP contribution in [0.3, 0.4) is 0 Å². The summed E-state index contributed by atoms with van der Waals surface area (Å²) in [6.07, 6.45) is 9.61. The number of hydrogen-bond donors (Lipinski definition) is 3. The highest BCUT2D eigenvalue weighted by Crippen LogP contribution is 2.46. The average molecular weight is 645 g/mol. The number of rotatable bonds is 11. The summed E-state index contributed by atoms with van der Waals surface area (Å²) >= 11 is 6.37. The summed E-state index contributed by atoms with van der Waals surface area (Å²) < 4.78 is 30.6. The maximum Gasteiger partial charge on any atom is 0.335 e. The minimum absolute atomic E-state index is 0.0508. The van der Waals surface area contributed by atoms with Crippen molar-refractivity contribution in [1.29, 1.82) is 0 Å². The van der Waals surface area contributed by atoms with Crippen molar-refractivity contribution < 1.29 is 28.2 Å². The fraction of sp³-hybridized carbons (Fsp3) is 0.559. The number of nitrogens with zero attached hydrogens (tertiary/aromatic N) is 1. The minimum atomic E-state index is -3.64. The van der Waals surface area contributed by atoms with E-state index in [2.05, 4.69) is 17.0 Å². The normalized spacial score (nSPS) is 25.3. The highest BCUT2D eigenvalue weighted by Gasteiger charge is 2.44. The van der Waals surface area contributed by atoms with Gasteiger partial charge < -0.3 is 19.8 Å². The van der Waals surface area contributed by atoms with E-state index in [4.69, 9.17) is 21.5 Å².